The Hall–Kier alpha value is -3.91. The minimum absolute atomic E-state index is 0.0369. The second-order valence-electron chi connectivity index (χ2n) is 7.62. The van der Waals surface area contributed by atoms with E-state index in [4.69, 9.17) is 15.0 Å². The van der Waals surface area contributed by atoms with Gasteiger partial charge < -0.3 is 25.4 Å². The molecule has 5 heterocycles. The van der Waals surface area contributed by atoms with E-state index < -0.39 is 29.2 Å². The van der Waals surface area contributed by atoms with Crippen molar-refractivity contribution in [2.24, 2.45) is 5.16 Å². The van der Waals surface area contributed by atoms with Crippen molar-refractivity contribution in [1.82, 2.24) is 15.2 Å². The highest BCUT2D eigenvalue weighted by atomic mass is 32.2. The molecule has 3 aromatic rings. The van der Waals surface area contributed by atoms with Crippen molar-refractivity contribution >= 4 is 62.8 Å². The van der Waals surface area contributed by atoms with E-state index in [1.807, 2.05) is 34.3 Å². The van der Waals surface area contributed by atoms with Crippen LogP contribution in [0.15, 0.2) is 56.9 Å². The molecular weight excluding hydrogens is 496 g/mol. The number of nitrogens with zero attached hydrogens (tertiary/aromatic N) is 4. The number of amides is 2. The minimum atomic E-state index is -1.19. The number of nitrogens with one attached hydrogen (secondary N) is 1. The summed E-state index contributed by atoms with van der Waals surface area (Å²) in [4.78, 5) is 47.8. The van der Waals surface area contributed by atoms with Crippen molar-refractivity contribution in [3.05, 3.63) is 53.0 Å². The Morgan fingerprint density at radius 3 is 3.00 bits per heavy atom. The van der Waals surface area contributed by atoms with Crippen LogP contribution in [0.1, 0.15) is 5.69 Å². The highest BCUT2D eigenvalue weighted by Crippen LogP contribution is 2.40. The number of hydrogen-bond donors (Lipinski definition) is 3. The molecule has 4 N–H and O–H groups in total. The monoisotopic (exact) mass is 515 g/mol. The number of nitrogen functional groups attached to an aromatic ring is 1. The molecule has 0 bridgehead atoms. The van der Waals surface area contributed by atoms with Crippen LogP contribution in [0.25, 0.3) is 10.2 Å². The van der Waals surface area contributed by atoms with Gasteiger partial charge in [0.1, 0.15) is 36.2 Å². The molecule has 3 aromatic heterocycles. The number of oxime groups is 1. The molecule has 2 aliphatic rings. The van der Waals surface area contributed by atoms with Crippen molar-refractivity contribution in [1.29, 1.82) is 0 Å². The molecule has 2 aliphatic heterocycles. The summed E-state index contributed by atoms with van der Waals surface area (Å²) in [5.41, 5.74) is 6.82. The number of rotatable bonds is 7. The summed E-state index contributed by atoms with van der Waals surface area (Å²) in [6.07, 6.45) is 3.02. The van der Waals surface area contributed by atoms with E-state index in [0.29, 0.717) is 17.9 Å². The molecule has 0 spiro atoms. The molecule has 35 heavy (non-hydrogen) atoms. The van der Waals surface area contributed by atoms with Gasteiger partial charge in [0.05, 0.1) is 4.70 Å². The zero-order valence-corrected chi connectivity index (χ0v) is 19.8. The highest BCUT2D eigenvalue weighted by molar-refractivity contribution is 8.00. The van der Waals surface area contributed by atoms with E-state index in [2.05, 4.69) is 15.5 Å². The van der Waals surface area contributed by atoms with Crippen LogP contribution in [0.3, 0.4) is 0 Å². The largest absolute Gasteiger partial charge is 0.477 e. The number of hydrogen-bond acceptors (Lipinski definition) is 10. The van der Waals surface area contributed by atoms with Crippen molar-refractivity contribution in [3.63, 3.8) is 0 Å². The van der Waals surface area contributed by atoms with Gasteiger partial charge in [0, 0.05) is 23.5 Å². The van der Waals surface area contributed by atoms with Gasteiger partial charge in [-0.2, -0.15) is 9.55 Å². The summed E-state index contributed by atoms with van der Waals surface area (Å²) in [6.45, 7) is 0.328. The van der Waals surface area contributed by atoms with Gasteiger partial charge in [-0.25, -0.2) is 4.79 Å². The summed E-state index contributed by atoms with van der Waals surface area (Å²) in [6, 6.07) is 4.77. The van der Waals surface area contributed by atoms with Crippen LogP contribution in [0.2, 0.25) is 0 Å². The fraction of sp³-hybridized carbons (Fsp3) is 0.238. The number of carboxylic acids is 1. The average molecular weight is 516 g/mol. The lowest BCUT2D eigenvalue weighted by atomic mass is 10.0. The summed E-state index contributed by atoms with van der Waals surface area (Å²) >= 11 is 2.98. The molecule has 1 saturated heterocycles. The lowest BCUT2D eigenvalue weighted by Gasteiger charge is -2.49. The SMILES string of the molecule is CON=C(C(=O)NC1C(=O)N2C(C(=O)O)=C(C[n+]3cccc4sccc43)CS[C@@H]12)c1coc(N)n1. The lowest BCUT2D eigenvalue weighted by Crippen LogP contribution is -2.71. The number of carboxylic acid groups (broad SMARTS) is 1. The van der Waals surface area contributed by atoms with Gasteiger partial charge in [0.15, 0.2) is 18.5 Å². The molecule has 0 radical (unpaired) electrons. The second kappa shape index (κ2) is 9.03. The van der Waals surface area contributed by atoms with Crippen LogP contribution >= 0.6 is 23.1 Å². The molecule has 0 aromatic carbocycles. The van der Waals surface area contributed by atoms with E-state index in [1.165, 1.54) is 23.8 Å². The fourth-order valence-corrected chi connectivity index (χ4v) is 6.18. The van der Waals surface area contributed by atoms with Gasteiger partial charge in [-0.15, -0.1) is 23.1 Å². The van der Waals surface area contributed by atoms with E-state index in [-0.39, 0.29) is 23.1 Å². The first kappa shape index (κ1) is 22.9. The second-order valence-corrected chi connectivity index (χ2v) is 9.67. The number of thioether (sulfide) groups is 1. The number of anilines is 1. The Morgan fingerprint density at radius 2 is 2.29 bits per heavy atom. The molecule has 0 aliphatic carbocycles. The van der Waals surface area contributed by atoms with E-state index in [0.717, 1.165) is 16.5 Å². The third kappa shape index (κ3) is 4.00. The predicted octanol–water partition coefficient (Wildman–Crippen LogP) is 0.548. The number of aliphatic carboxylic acids is 1. The molecule has 2 amide bonds. The quantitative estimate of drug-likeness (QED) is 0.176. The average Bonchev–Trinajstić information content (AvgIpc) is 3.49. The van der Waals surface area contributed by atoms with Gasteiger partial charge in [-0.05, 0) is 11.4 Å². The van der Waals surface area contributed by atoms with Crippen molar-refractivity contribution in [2.45, 2.75) is 18.0 Å². The van der Waals surface area contributed by atoms with Crippen molar-refractivity contribution in [2.75, 3.05) is 18.6 Å². The normalized spacial score (nSPS) is 20.0. The van der Waals surface area contributed by atoms with Crippen molar-refractivity contribution in [3.8, 4) is 0 Å². The molecule has 12 nitrogen and oxygen atoms in total. The van der Waals surface area contributed by atoms with Crippen LogP contribution < -0.4 is 15.6 Å². The zero-order valence-electron chi connectivity index (χ0n) is 18.2. The number of carbonyl (C=O) groups is 3. The van der Waals surface area contributed by atoms with E-state index in [9.17, 15) is 19.5 Å². The maximum Gasteiger partial charge on any atom is 0.352 e. The summed E-state index contributed by atoms with van der Waals surface area (Å²) in [5.74, 6) is -2.07. The maximum atomic E-state index is 13.0. The van der Waals surface area contributed by atoms with Crippen molar-refractivity contribution < 1.29 is 33.3 Å². The van der Waals surface area contributed by atoms with E-state index >= 15 is 0 Å². The van der Waals surface area contributed by atoms with Gasteiger partial charge in [-0.3, -0.25) is 14.5 Å². The van der Waals surface area contributed by atoms with Crippen LogP contribution in [-0.4, -0.2) is 62.8 Å². The third-order valence-corrected chi connectivity index (χ3v) is 7.77. The standard InChI is InChI=1S/C21H18N6O6S2/c1-32-25-14(11-8-33-21(22)23-11)17(28)24-15-18(29)27-16(20(30)31)10(9-35-19(15)27)7-26-5-2-3-13-12(26)4-6-34-13/h2-6,8,15,19H,7,9H2,1H3,(H3-,22,23,24,28,30,31)/p+1/t15?,19-/m0/s1. The Labute approximate surface area is 206 Å². The highest BCUT2D eigenvalue weighted by Gasteiger charge is 2.54. The third-order valence-electron chi connectivity index (χ3n) is 5.56. The van der Waals surface area contributed by atoms with E-state index in [1.54, 1.807) is 11.3 Å². The lowest BCUT2D eigenvalue weighted by molar-refractivity contribution is -0.663. The number of thiophene rings is 1. The van der Waals surface area contributed by atoms with Gasteiger partial charge in [0.25, 0.3) is 17.8 Å². The number of aromatic nitrogens is 2. The molecule has 14 heteroatoms. The number of nitrogens with two attached hydrogens (primary N) is 1. The van der Waals surface area contributed by atoms with Crippen LogP contribution in [-0.2, 0) is 25.8 Å². The Morgan fingerprint density at radius 1 is 1.46 bits per heavy atom. The number of β-lactam (4-membered cyclic amide) rings is 1. The van der Waals surface area contributed by atoms with Crippen LogP contribution in [0.4, 0.5) is 6.01 Å². The molecule has 1 unspecified atom stereocenters. The molecule has 5 rings (SSSR count). The topological polar surface area (TPSA) is 164 Å². The first-order chi connectivity index (χ1) is 16.9. The summed E-state index contributed by atoms with van der Waals surface area (Å²) in [5, 5.41) is 17.6. The van der Waals surface area contributed by atoms with Gasteiger partial charge in [0.2, 0.25) is 5.52 Å². The molecular formula is C21H19N6O6S2+. The number of fused-ring (bicyclic) bond motifs is 2. The summed E-state index contributed by atoms with van der Waals surface area (Å²) in [7, 11) is 1.25. The Balaban J connectivity index is 1.38. The van der Waals surface area contributed by atoms with Crippen LogP contribution in [0.5, 0.6) is 0 Å². The molecule has 2 atom stereocenters. The Kier molecular flexibility index (Phi) is 5.90. The summed E-state index contributed by atoms with van der Waals surface area (Å²) < 4.78 is 7.96. The zero-order chi connectivity index (χ0) is 24.7. The predicted molar refractivity (Wildman–Crippen MR) is 126 cm³/mol. The molecule has 1 fully saturated rings. The number of carbonyl (C=O) groups excluding carboxylic acids is 2. The number of oxazole rings is 1. The van der Waals surface area contributed by atoms with Gasteiger partial charge in [-0.1, -0.05) is 5.16 Å². The minimum Gasteiger partial charge on any atom is -0.477 e. The van der Waals surface area contributed by atoms with Crippen LogP contribution in [0, 0.1) is 0 Å². The molecule has 180 valence electrons. The first-order valence-corrected chi connectivity index (χ1v) is 12.2. The fourth-order valence-electron chi connectivity index (χ4n) is 4.04. The maximum absolute atomic E-state index is 13.0. The number of pyridine rings is 1. The first-order valence-electron chi connectivity index (χ1n) is 10.3. The Bertz CT molecular complexity index is 1410. The smallest absolute Gasteiger partial charge is 0.352 e. The van der Waals surface area contributed by atoms with Gasteiger partial charge >= 0.3 is 5.97 Å². The molecule has 0 saturated carbocycles.